The first-order valence-electron chi connectivity index (χ1n) is 5.67. The van der Waals surface area contributed by atoms with Gasteiger partial charge in [-0.1, -0.05) is 26.0 Å². The van der Waals surface area contributed by atoms with Crippen molar-refractivity contribution in [3.05, 3.63) is 58.2 Å². The molecule has 0 aliphatic carbocycles. The van der Waals surface area contributed by atoms with Crippen LogP contribution in [0.5, 0.6) is 0 Å². The SMILES string of the molecule is CC(C)(c1ccc(F)cc1)C(N)c1occc1Br. The van der Waals surface area contributed by atoms with Crippen molar-refractivity contribution in [3.63, 3.8) is 0 Å². The molecule has 1 heterocycles. The van der Waals surface area contributed by atoms with E-state index in [4.69, 9.17) is 10.2 Å². The fraction of sp³-hybridized carbons (Fsp3) is 0.286. The standard InChI is InChI=1S/C14H15BrFNO/c1-14(2,9-3-5-10(16)6-4-9)13(17)12-11(15)7-8-18-12/h3-8,13H,17H2,1-2H3. The first kappa shape index (κ1) is 13.3. The molecule has 18 heavy (non-hydrogen) atoms. The monoisotopic (exact) mass is 311 g/mol. The van der Waals surface area contributed by atoms with Gasteiger partial charge in [0.15, 0.2) is 0 Å². The highest BCUT2D eigenvalue weighted by atomic mass is 79.9. The summed E-state index contributed by atoms with van der Waals surface area (Å²) in [4.78, 5) is 0. The van der Waals surface area contributed by atoms with Crippen LogP contribution in [-0.4, -0.2) is 0 Å². The summed E-state index contributed by atoms with van der Waals surface area (Å²) >= 11 is 3.41. The quantitative estimate of drug-likeness (QED) is 0.924. The third-order valence-corrected chi connectivity index (χ3v) is 3.95. The van der Waals surface area contributed by atoms with Gasteiger partial charge in [0.05, 0.1) is 16.8 Å². The van der Waals surface area contributed by atoms with Gasteiger partial charge in [-0.15, -0.1) is 0 Å². The lowest BCUT2D eigenvalue weighted by atomic mass is 9.77. The van der Waals surface area contributed by atoms with Crippen molar-refractivity contribution in [2.45, 2.75) is 25.3 Å². The predicted octanol–water partition coefficient (Wildman–Crippen LogP) is 4.16. The second kappa shape index (κ2) is 4.86. The second-order valence-electron chi connectivity index (χ2n) is 4.84. The first-order chi connectivity index (χ1) is 8.43. The van der Waals surface area contributed by atoms with Gasteiger partial charge in [-0.3, -0.25) is 0 Å². The molecule has 0 radical (unpaired) electrons. The Morgan fingerprint density at radius 1 is 1.22 bits per heavy atom. The van der Waals surface area contributed by atoms with Crippen molar-refractivity contribution in [1.82, 2.24) is 0 Å². The van der Waals surface area contributed by atoms with E-state index in [2.05, 4.69) is 15.9 Å². The molecule has 0 saturated carbocycles. The van der Waals surface area contributed by atoms with E-state index in [1.165, 1.54) is 12.1 Å². The number of rotatable bonds is 3. The summed E-state index contributed by atoms with van der Waals surface area (Å²) in [5.41, 5.74) is 6.89. The molecule has 1 aromatic carbocycles. The molecule has 4 heteroatoms. The van der Waals surface area contributed by atoms with E-state index in [-0.39, 0.29) is 17.3 Å². The average Bonchev–Trinajstić information content (AvgIpc) is 2.75. The van der Waals surface area contributed by atoms with Crippen LogP contribution in [0.2, 0.25) is 0 Å². The van der Waals surface area contributed by atoms with Gasteiger partial charge in [0, 0.05) is 5.41 Å². The third-order valence-electron chi connectivity index (χ3n) is 3.29. The molecule has 2 N–H and O–H groups in total. The van der Waals surface area contributed by atoms with Gasteiger partial charge in [-0.2, -0.15) is 0 Å². The van der Waals surface area contributed by atoms with Crippen molar-refractivity contribution in [2.24, 2.45) is 5.73 Å². The van der Waals surface area contributed by atoms with E-state index in [1.807, 2.05) is 19.9 Å². The molecule has 2 aromatic rings. The molecule has 96 valence electrons. The Kier molecular flexibility index (Phi) is 3.59. The lowest BCUT2D eigenvalue weighted by molar-refractivity contribution is 0.351. The van der Waals surface area contributed by atoms with Gasteiger partial charge in [-0.25, -0.2) is 4.39 Å². The van der Waals surface area contributed by atoms with Gasteiger partial charge >= 0.3 is 0 Å². The van der Waals surface area contributed by atoms with Crippen LogP contribution in [0.25, 0.3) is 0 Å². The first-order valence-corrected chi connectivity index (χ1v) is 6.46. The van der Waals surface area contributed by atoms with Crippen LogP contribution >= 0.6 is 15.9 Å². The Labute approximate surface area is 114 Å². The predicted molar refractivity (Wildman–Crippen MR) is 72.8 cm³/mol. The van der Waals surface area contributed by atoms with Crippen LogP contribution in [0.4, 0.5) is 4.39 Å². The van der Waals surface area contributed by atoms with E-state index in [9.17, 15) is 4.39 Å². The maximum absolute atomic E-state index is 13.0. The fourth-order valence-electron chi connectivity index (χ4n) is 1.91. The molecule has 0 saturated heterocycles. The summed E-state index contributed by atoms with van der Waals surface area (Å²) in [6.07, 6.45) is 1.60. The van der Waals surface area contributed by atoms with E-state index in [1.54, 1.807) is 18.4 Å². The summed E-state index contributed by atoms with van der Waals surface area (Å²) in [6, 6.07) is 7.91. The lowest BCUT2D eigenvalue weighted by Crippen LogP contribution is -2.33. The molecule has 0 fully saturated rings. The third kappa shape index (κ3) is 2.35. The number of nitrogens with two attached hydrogens (primary N) is 1. The van der Waals surface area contributed by atoms with Crippen LogP contribution in [0.1, 0.15) is 31.2 Å². The van der Waals surface area contributed by atoms with E-state index < -0.39 is 0 Å². The van der Waals surface area contributed by atoms with Crippen molar-refractivity contribution in [2.75, 3.05) is 0 Å². The fourth-order valence-corrected chi connectivity index (χ4v) is 2.36. The smallest absolute Gasteiger partial charge is 0.135 e. The van der Waals surface area contributed by atoms with Crippen LogP contribution < -0.4 is 5.73 Å². The topological polar surface area (TPSA) is 39.2 Å². The van der Waals surface area contributed by atoms with Crippen molar-refractivity contribution < 1.29 is 8.81 Å². The normalized spacial score (nSPS) is 13.6. The van der Waals surface area contributed by atoms with Gasteiger partial charge in [0.2, 0.25) is 0 Å². The summed E-state index contributed by atoms with van der Waals surface area (Å²) in [7, 11) is 0. The molecule has 0 aliphatic heterocycles. The average molecular weight is 312 g/mol. The maximum Gasteiger partial charge on any atom is 0.135 e. The Morgan fingerprint density at radius 2 is 1.83 bits per heavy atom. The van der Waals surface area contributed by atoms with Gasteiger partial charge in [-0.05, 0) is 39.7 Å². The van der Waals surface area contributed by atoms with Crippen molar-refractivity contribution in [1.29, 1.82) is 0 Å². The van der Waals surface area contributed by atoms with Crippen LogP contribution in [0, 0.1) is 5.82 Å². The summed E-state index contributed by atoms with van der Waals surface area (Å²) in [6.45, 7) is 4.03. The number of hydrogen-bond acceptors (Lipinski definition) is 2. The molecule has 0 amide bonds. The molecular weight excluding hydrogens is 297 g/mol. The Balaban J connectivity index is 2.36. The highest BCUT2D eigenvalue weighted by molar-refractivity contribution is 9.10. The highest BCUT2D eigenvalue weighted by Gasteiger charge is 2.32. The van der Waals surface area contributed by atoms with Gasteiger partial charge < -0.3 is 10.2 Å². The van der Waals surface area contributed by atoms with Crippen LogP contribution in [0.3, 0.4) is 0 Å². The molecule has 2 nitrogen and oxygen atoms in total. The number of benzene rings is 1. The van der Waals surface area contributed by atoms with E-state index >= 15 is 0 Å². The largest absolute Gasteiger partial charge is 0.466 e. The van der Waals surface area contributed by atoms with Gasteiger partial charge in [0.25, 0.3) is 0 Å². The molecule has 1 unspecified atom stereocenters. The highest BCUT2D eigenvalue weighted by Crippen LogP contribution is 2.38. The molecule has 0 spiro atoms. The zero-order valence-corrected chi connectivity index (χ0v) is 11.9. The number of hydrogen-bond donors (Lipinski definition) is 1. The second-order valence-corrected chi connectivity index (χ2v) is 5.69. The Bertz CT molecular complexity index is 533. The molecular formula is C14H15BrFNO. The molecule has 1 aromatic heterocycles. The summed E-state index contributed by atoms with van der Waals surface area (Å²) in [5.74, 6) is 0.451. The Hall–Kier alpha value is -1.13. The minimum atomic E-state index is -0.353. The summed E-state index contributed by atoms with van der Waals surface area (Å²) in [5, 5.41) is 0. The summed E-state index contributed by atoms with van der Waals surface area (Å²) < 4.78 is 19.2. The zero-order chi connectivity index (χ0) is 13.3. The molecule has 0 bridgehead atoms. The number of furan rings is 1. The Morgan fingerprint density at radius 3 is 2.33 bits per heavy atom. The van der Waals surface area contributed by atoms with Crippen LogP contribution in [0.15, 0.2) is 45.5 Å². The maximum atomic E-state index is 13.0. The number of halogens is 2. The van der Waals surface area contributed by atoms with Gasteiger partial charge in [0.1, 0.15) is 11.6 Å². The molecule has 2 rings (SSSR count). The molecule has 0 aliphatic rings. The minimum Gasteiger partial charge on any atom is -0.466 e. The minimum absolute atomic E-state index is 0.248. The zero-order valence-electron chi connectivity index (χ0n) is 10.3. The van der Waals surface area contributed by atoms with E-state index in [0.717, 1.165) is 10.0 Å². The molecule has 1 atom stereocenters. The van der Waals surface area contributed by atoms with Crippen molar-refractivity contribution >= 4 is 15.9 Å². The van der Waals surface area contributed by atoms with Crippen LogP contribution in [-0.2, 0) is 5.41 Å². The van der Waals surface area contributed by atoms with E-state index in [0.29, 0.717) is 5.76 Å². The van der Waals surface area contributed by atoms with Crippen molar-refractivity contribution in [3.8, 4) is 0 Å². The lowest BCUT2D eigenvalue weighted by Gasteiger charge is -2.31.